The van der Waals surface area contributed by atoms with Crippen LogP contribution in [0.25, 0.3) is 0 Å². The van der Waals surface area contributed by atoms with Crippen LogP contribution in [0.2, 0.25) is 5.02 Å². The lowest BCUT2D eigenvalue weighted by atomic mass is 9.77. The van der Waals surface area contributed by atoms with Crippen LogP contribution in [0.15, 0.2) is 30.4 Å². The number of hydrogen-bond acceptors (Lipinski definition) is 4. The number of aliphatic hydroxyl groups is 1. The molecule has 2 amide bonds. The fourth-order valence-corrected chi connectivity index (χ4v) is 5.45. The van der Waals surface area contributed by atoms with Crippen LogP contribution in [0.5, 0.6) is 0 Å². The maximum Gasteiger partial charge on any atom is 0.333 e. The molecule has 0 bridgehead atoms. The third-order valence-corrected chi connectivity index (χ3v) is 7.99. The van der Waals surface area contributed by atoms with Crippen molar-refractivity contribution in [3.63, 3.8) is 0 Å². The van der Waals surface area contributed by atoms with E-state index in [4.69, 9.17) is 11.6 Å². The maximum absolute atomic E-state index is 13.1. The summed E-state index contributed by atoms with van der Waals surface area (Å²) in [5.41, 5.74) is 1.58. The maximum atomic E-state index is 13.1. The van der Waals surface area contributed by atoms with Crippen molar-refractivity contribution in [1.29, 1.82) is 0 Å². The van der Waals surface area contributed by atoms with Crippen LogP contribution >= 0.6 is 11.6 Å². The average molecular weight is 507 g/mol. The van der Waals surface area contributed by atoms with Gasteiger partial charge < -0.3 is 20.5 Å². The van der Waals surface area contributed by atoms with Gasteiger partial charge in [-0.05, 0) is 59.6 Å². The molecule has 3 unspecified atom stereocenters. The first-order chi connectivity index (χ1) is 16.2. The predicted molar refractivity (Wildman–Crippen MR) is 141 cm³/mol. The van der Waals surface area contributed by atoms with Gasteiger partial charge in [0.2, 0.25) is 0 Å². The van der Waals surface area contributed by atoms with Crippen molar-refractivity contribution in [2.45, 2.75) is 72.8 Å². The van der Waals surface area contributed by atoms with E-state index in [0.29, 0.717) is 17.0 Å². The Balaban J connectivity index is 2.33. The van der Waals surface area contributed by atoms with E-state index in [1.165, 1.54) is 7.11 Å². The Labute approximate surface area is 215 Å². The molecule has 0 spiro atoms. The molecule has 0 heterocycles. The summed E-state index contributed by atoms with van der Waals surface area (Å²) in [6.07, 6.45) is 2.83. The number of urea groups is 1. The third-order valence-electron chi connectivity index (χ3n) is 7.64. The predicted octanol–water partition coefficient (Wildman–Crippen LogP) is 5.61. The van der Waals surface area contributed by atoms with Crippen molar-refractivity contribution < 1.29 is 19.4 Å². The Kier molecular flexibility index (Phi) is 9.46. The number of ether oxygens (including phenoxy) is 1. The number of esters is 1. The molecule has 0 radical (unpaired) electrons. The lowest BCUT2D eigenvalue weighted by molar-refractivity contribution is -0.136. The van der Waals surface area contributed by atoms with Crippen LogP contribution in [0.3, 0.4) is 0 Å². The van der Waals surface area contributed by atoms with Gasteiger partial charge in [-0.15, -0.1) is 0 Å². The number of aryl methyl sites for hydroxylation is 1. The number of nitrogens with one attached hydrogen (secondary N) is 2. The molecule has 6 nitrogen and oxygen atoms in total. The van der Waals surface area contributed by atoms with Gasteiger partial charge in [-0.3, -0.25) is 0 Å². The van der Waals surface area contributed by atoms with Crippen molar-refractivity contribution >= 4 is 23.6 Å². The summed E-state index contributed by atoms with van der Waals surface area (Å²) in [6, 6.07) is 5.68. The Bertz CT molecular complexity index is 937. The summed E-state index contributed by atoms with van der Waals surface area (Å²) in [5, 5.41) is 17.2. The fraction of sp³-hybridized carbons (Fsp3) is 0.643. The van der Waals surface area contributed by atoms with E-state index in [-0.39, 0.29) is 48.3 Å². The largest absolute Gasteiger partial charge is 0.466 e. The minimum atomic E-state index is -0.784. The smallest absolute Gasteiger partial charge is 0.333 e. The highest BCUT2D eigenvalue weighted by atomic mass is 35.5. The molecule has 0 aromatic heterocycles. The molecule has 196 valence electrons. The average Bonchev–Trinajstić information content (AvgIpc) is 2.96. The van der Waals surface area contributed by atoms with Crippen molar-refractivity contribution in [2.24, 2.45) is 22.7 Å². The summed E-state index contributed by atoms with van der Waals surface area (Å²) >= 11 is 6.75. The Hall–Kier alpha value is -2.05. The number of aliphatic hydroxyl groups excluding tert-OH is 1. The van der Waals surface area contributed by atoms with Crippen LogP contribution < -0.4 is 10.6 Å². The van der Waals surface area contributed by atoms with Crippen molar-refractivity contribution in [3.05, 3.63) is 46.5 Å². The zero-order valence-electron chi connectivity index (χ0n) is 22.4. The molecule has 1 fully saturated rings. The van der Waals surface area contributed by atoms with Crippen molar-refractivity contribution in [1.82, 2.24) is 10.6 Å². The zero-order chi connectivity index (χ0) is 26.6. The van der Waals surface area contributed by atoms with E-state index in [0.717, 1.165) is 24.0 Å². The number of methoxy groups -OCH3 is 1. The van der Waals surface area contributed by atoms with Gasteiger partial charge in [-0.2, -0.15) is 0 Å². The van der Waals surface area contributed by atoms with E-state index in [2.05, 4.69) is 69.6 Å². The van der Waals surface area contributed by atoms with Gasteiger partial charge in [0.25, 0.3) is 0 Å². The third kappa shape index (κ3) is 7.01. The first-order valence-corrected chi connectivity index (χ1v) is 12.8. The Morgan fingerprint density at radius 2 is 1.94 bits per heavy atom. The number of amides is 2. The number of carbonyl (C=O) groups excluding carboxylic acids is 2. The topological polar surface area (TPSA) is 87.7 Å². The number of hydrogen-bond donors (Lipinski definition) is 3. The van der Waals surface area contributed by atoms with Crippen LogP contribution in [-0.4, -0.2) is 37.4 Å². The zero-order valence-corrected chi connectivity index (χ0v) is 23.1. The molecule has 3 atom stereocenters. The highest BCUT2D eigenvalue weighted by molar-refractivity contribution is 6.31. The van der Waals surface area contributed by atoms with Gasteiger partial charge in [-0.1, -0.05) is 71.9 Å². The molecule has 35 heavy (non-hydrogen) atoms. The molecule has 1 aliphatic carbocycles. The van der Waals surface area contributed by atoms with Crippen LogP contribution in [0.1, 0.15) is 71.9 Å². The molecule has 0 saturated heterocycles. The monoisotopic (exact) mass is 506 g/mol. The standard InChI is InChI=1S/C28H43ClN2O4/c1-18(24(33)35-8)12-14-30-25(34)31-28(17-27(6,7)19(2)22(28)16-32)21-10-9-20(23(29)15-21)11-13-26(3,4)5/h9-10,15,19,22,32H,1,11-14,16-17H2,2-8H3,(H2,30,31,34). The quantitative estimate of drug-likeness (QED) is 0.300. The Morgan fingerprint density at radius 3 is 2.49 bits per heavy atom. The second-order valence-electron chi connectivity index (χ2n) is 11.8. The normalized spacial score (nSPS) is 23.6. The fourth-order valence-electron chi connectivity index (χ4n) is 5.18. The number of halogens is 1. The van der Waals surface area contributed by atoms with E-state index in [9.17, 15) is 14.7 Å². The lowest BCUT2D eigenvalue weighted by Crippen LogP contribution is -2.53. The molecule has 1 saturated carbocycles. The number of rotatable bonds is 9. The molecular formula is C28H43ClN2O4. The molecule has 1 aliphatic rings. The van der Waals surface area contributed by atoms with E-state index < -0.39 is 11.5 Å². The molecule has 2 rings (SSSR count). The van der Waals surface area contributed by atoms with Gasteiger partial charge in [0.15, 0.2) is 0 Å². The van der Waals surface area contributed by atoms with Gasteiger partial charge in [-0.25, -0.2) is 9.59 Å². The first-order valence-electron chi connectivity index (χ1n) is 12.4. The first kappa shape index (κ1) is 29.2. The second kappa shape index (κ2) is 11.3. The van der Waals surface area contributed by atoms with Crippen LogP contribution in [0.4, 0.5) is 4.79 Å². The van der Waals surface area contributed by atoms with Crippen molar-refractivity contribution in [3.8, 4) is 0 Å². The van der Waals surface area contributed by atoms with Gasteiger partial charge in [0, 0.05) is 29.7 Å². The molecular weight excluding hydrogens is 464 g/mol. The molecule has 3 N–H and O–H groups in total. The molecule has 0 aliphatic heterocycles. The van der Waals surface area contributed by atoms with Crippen LogP contribution in [0, 0.1) is 22.7 Å². The summed E-state index contributed by atoms with van der Waals surface area (Å²) in [5.74, 6) is -0.521. The van der Waals surface area contributed by atoms with E-state index in [1.807, 2.05) is 12.1 Å². The summed E-state index contributed by atoms with van der Waals surface area (Å²) in [4.78, 5) is 24.6. The highest BCUT2D eigenvalue weighted by Gasteiger charge is 2.56. The molecule has 1 aromatic carbocycles. The van der Waals surface area contributed by atoms with Crippen LogP contribution in [-0.2, 0) is 21.5 Å². The van der Waals surface area contributed by atoms with Gasteiger partial charge in [0.05, 0.1) is 12.6 Å². The van der Waals surface area contributed by atoms with E-state index in [1.54, 1.807) is 0 Å². The molecule has 7 heteroatoms. The number of carbonyl (C=O) groups is 2. The SMILES string of the molecule is C=C(CCNC(=O)NC1(c2ccc(CCC(C)(C)C)c(Cl)c2)CC(C)(C)C(C)C1CO)C(=O)OC. The van der Waals surface area contributed by atoms with E-state index >= 15 is 0 Å². The molecule has 1 aromatic rings. The van der Waals surface area contributed by atoms with Gasteiger partial charge in [0.1, 0.15) is 0 Å². The second-order valence-corrected chi connectivity index (χ2v) is 12.2. The highest BCUT2D eigenvalue weighted by Crippen LogP contribution is 2.56. The van der Waals surface area contributed by atoms with Gasteiger partial charge >= 0.3 is 12.0 Å². The minimum absolute atomic E-state index is 0.0621. The summed E-state index contributed by atoms with van der Waals surface area (Å²) in [7, 11) is 1.30. The minimum Gasteiger partial charge on any atom is -0.466 e. The lowest BCUT2D eigenvalue weighted by Gasteiger charge is -2.38. The Morgan fingerprint density at radius 1 is 1.29 bits per heavy atom. The number of benzene rings is 1. The van der Waals surface area contributed by atoms with Crippen molar-refractivity contribution in [2.75, 3.05) is 20.3 Å². The summed E-state index contributed by atoms with van der Waals surface area (Å²) in [6.45, 7) is 17.0. The summed E-state index contributed by atoms with van der Waals surface area (Å²) < 4.78 is 4.66.